The number of anilines is 1. The second-order valence-corrected chi connectivity index (χ2v) is 16.0. The topological polar surface area (TPSA) is 117 Å². The van der Waals surface area contributed by atoms with Crippen molar-refractivity contribution in [2.45, 2.75) is 101 Å². The van der Waals surface area contributed by atoms with Gasteiger partial charge in [-0.1, -0.05) is 96.9 Å². The van der Waals surface area contributed by atoms with E-state index < -0.39 is 59.6 Å². The maximum absolute atomic E-state index is 15.2. The van der Waals surface area contributed by atoms with Gasteiger partial charge < -0.3 is 29.3 Å². The number of fused-ring (bicyclic) bond motifs is 1. The number of amides is 3. The number of aliphatic hydroxyl groups excluding tert-OH is 1. The summed E-state index contributed by atoms with van der Waals surface area (Å²) in [7, 11) is 1.69. The number of likely N-dealkylation sites (N-methyl/N-ethyl adjacent to an activating group) is 1. The maximum atomic E-state index is 15.2. The lowest BCUT2D eigenvalue weighted by molar-refractivity contribution is -0.165. The first-order valence-corrected chi connectivity index (χ1v) is 19.6. The minimum Gasteiger partial charge on any atom is -0.455 e. The normalized spacial score (nSPS) is 26.7. The molecule has 3 saturated heterocycles. The Morgan fingerprint density at radius 3 is 2.34 bits per heavy atom. The van der Waals surface area contributed by atoms with E-state index in [0.29, 0.717) is 24.8 Å². The number of hydrogen-bond donors (Lipinski definition) is 1. The summed E-state index contributed by atoms with van der Waals surface area (Å²) in [6, 6.07) is 12.7. The fraction of sp³-hybridized carbons (Fsp3) is 0.524. The van der Waals surface area contributed by atoms with Gasteiger partial charge in [-0.05, 0) is 56.2 Å². The molecule has 2 bridgehead atoms. The predicted molar refractivity (Wildman–Crippen MR) is 208 cm³/mol. The first kappa shape index (κ1) is 40.4. The molecule has 10 nitrogen and oxygen atoms in total. The zero-order valence-electron chi connectivity index (χ0n) is 31.7. The number of nitrogens with zero attached hydrogens (tertiary/aromatic N) is 3. The molecule has 1 unspecified atom stereocenters. The van der Waals surface area contributed by atoms with Gasteiger partial charge >= 0.3 is 5.97 Å². The van der Waals surface area contributed by atoms with Crippen LogP contribution in [0.15, 0.2) is 73.8 Å². The Labute approximate surface area is 322 Å². The second-order valence-electron chi connectivity index (χ2n) is 14.9. The molecular formula is C42H54BrN3O7. The quantitative estimate of drug-likeness (QED) is 0.125. The molecule has 2 aromatic carbocycles. The molecule has 0 radical (unpaired) electrons. The Kier molecular flexibility index (Phi) is 12.7. The van der Waals surface area contributed by atoms with E-state index in [-0.39, 0.29) is 42.1 Å². The smallest absolute Gasteiger partial charge is 0.313 e. The number of aliphatic hydroxyl groups is 1. The van der Waals surface area contributed by atoms with Gasteiger partial charge in [-0.25, -0.2) is 0 Å². The summed E-state index contributed by atoms with van der Waals surface area (Å²) in [6.07, 6.45) is 3.46. The van der Waals surface area contributed by atoms with Crippen molar-refractivity contribution in [1.29, 1.82) is 0 Å². The number of aryl methyl sites for hydroxylation is 2. The minimum atomic E-state index is -1.38. The Hall–Kier alpha value is -3.80. The van der Waals surface area contributed by atoms with Crippen LogP contribution in [0, 0.1) is 31.6 Å². The number of halogens is 1. The Morgan fingerprint density at radius 1 is 1.09 bits per heavy atom. The largest absolute Gasteiger partial charge is 0.455 e. The van der Waals surface area contributed by atoms with Gasteiger partial charge in [0.2, 0.25) is 11.8 Å². The van der Waals surface area contributed by atoms with Crippen LogP contribution in [0.25, 0.3) is 0 Å². The van der Waals surface area contributed by atoms with E-state index in [1.165, 1.54) is 4.90 Å². The molecular weight excluding hydrogens is 738 g/mol. The average Bonchev–Trinajstić information content (AvgIpc) is 3.75. The molecule has 0 aromatic heterocycles. The summed E-state index contributed by atoms with van der Waals surface area (Å²) >= 11 is 3.78. The van der Waals surface area contributed by atoms with Gasteiger partial charge in [-0.3, -0.25) is 19.2 Å². The Balaban J connectivity index is 1.59. The molecule has 3 aliphatic heterocycles. The zero-order chi connectivity index (χ0) is 38.8. The van der Waals surface area contributed by atoms with E-state index >= 15 is 9.59 Å². The highest BCUT2D eigenvalue weighted by atomic mass is 79.9. The summed E-state index contributed by atoms with van der Waals surface area (Å²) in [5.41, 5.74) is 1.81. The number of rotatable bonds is 16. The van der Waals surface area contributed by atoms with Gasteiger partial charge in [0, 0.05) is 30.5 Å². The number of likely N-dealkylation sites (tertiary alicyclic amines) is 1. The van der Waals surface area contributed by atoms with Crippen molar-refractivity contribution in [3.8, 4) is 0 Å². The molecule has 1 N–H and O–H groups in total. The monoisotopic (exact) mass is 791 g/mol. The molecule has 2 aromatic rings. The lowest BCUT2D eigenvalue weighted by Crippen LogP contribution is -2.60. The number of allylic oxidation sites excluding steroid dienone is 1. The lowest BCUT2D eigenvalue weighted by Gasteiger charge is -2.41. The first-order chi connectivity index (χ1) is 25.3. The van der Waals surface area contributed by atoms with Crippen LogP contribution in [0.5, 0.6) is 0 Å². The van der Waals surface area contributed by atoms with E-state index in [1.54, 1.807) is 29.0 Å². The maximum Gasteiger partial charge on any atom is 0.313 e. The summed E-state index contributed by atoms with van der Waals surface area (Å²) in [6.45, 7) is 17.1. The van der Waals surface area contributed by atoms with Crippen LogP contribution in [0.1, 0.15) is 69.2 Å². The molecule has 3 heterocycles. The number of carbonyl (C=O) groups excluding carboxylic acids is 4. The van der Waals surface area contributed by atoms with Gasteiger partial charge in [0.15, 0.2) is 0 Å². The molecule has 5 rings (SSSR count). The molecule has 10 atom stereocenters. The van der Waals surface area contributed by atoms with Gasteiger partial charge in [0.05, 0.1) is 36.6 Å². The van der Waals surface area contributed by atoms with E-state index in [1.807, 2.05) is 83.1 Å². The van der Waals surface area contributed by atoms with Crippen molar-refractivity contribution in [2.75, 3.05) is 25.1 Å². The van der Waals surface area contributed by atoms with Crippen molar-refractivity contribution in [3.05, 3.63) is 90.5 Å². The third-order valence-corrected chi connectivity index (χ3v) is 12.6. The van der Waals surface area contributed by atoms with Crippen LogP contribution in [0.4, 0.5) is 5.69 Å². The number of carbonyl (C=O) groups is 4. The Morgan fingerprint density at radius 2 is 1.75 bits per heavy atom. The molecule has 3 fully saturated rings. The molecule has 53 heavy (non-hydrogen) atoms. The standard InChI is InChI=1S/C42H54BrN3O7/c1-9-12-21-32(48)44(8)28(7)36(29-19-14-13-15-20-29)52-41(51)33-34-39(49)46(31(24-47)25(4)11-3)38(42(34)23-30(43)37(33)53-42)40(50)45(22-10-2)35-26(5)17-16-18-27(35)6/h9-10,13-20,25,28,30-31,33-34,36-38,47H,1-2,11-12,21-24H2,3-8H3/t25-,28+,30?,31-,33+,34-,36-,37+,38+,42-/m0/s1. The third kappa shape index (κ3) is 7.24. The predicted octanol–water partition coefficient (Wildman–Crippen LogP) is 6.08. The Bertz CT molecular complexity index is 1680. The van der Waals surface area contributed by atoms with Crippen molar-refractivity contribution in [2.24, 2.45) is 17.8 Å². The van der Waals surface area contributed by atoms with Gasteiger partial charge in [-0.15, -0.1) is 13.2 Å². The highest BCUT2D eigenvalue weighted by molar-refractivity contribution is 9.09. The third-order valence-electron chi connectivity index (χ3n) is 11.7. The number of para-hydroxylation sites is 1. The van der Waals surface area contributed by atoms with E-state index in [4.69, 9.17) is 9.47 Å². The van der Waals surface area contributed by atoms with E-state index in [2.05, 4.69) is 29.1 Å². The summed E-state index contributed by atoms with van der Waals surface area (Å²) in [5.74, 6) is -3.77. The number of esters is 1. The van der Waals surface area contributed by atoms with Crippen molar-refractivity contribution in [3.63, 3.8) is 0 Å². The number of ether oxygens (including phenoxy) is 2. The fourth-order valence-corrected chi connectivity index (χ4v) is 9.65. The molecule has 3 aliphatic rings. The zero-order valence-corrected chi connectivity index (χ0v) is 33.3. The summed E-state index contributed by atoms with van der Waals surface area (Å²) < 4.78 is 13.2. The number of alkyl halides is 1. The average molecular weight is 793 g/mol. The molecule has 0 aliphatic carbocycles. The van der Waals surface area contributed by atoms with Crippen LogP contribution in [-0.4, -0.2) is 93.5 Å². The highest BCUT2D eigenvalue weighted by Gasteiger charge is 2.78. The summed E-state index contributed by atoms with van der Waals surface area (Å²) in [4.78, 5) is 62.5. The lowest BCUT2D eigenvalue weighted by atomic mass is 9.70. The van der Waals surface area contributed by atoms with Crippen molar-refractivity contribution >= 4 is 45.3 Å². The van der Waals surface area contributed by atoms with E-state index in [0.717, 1.165) is 16.8 Å². The summed E-state index contributed by atoms with van der Waals surface area (Å²) in [5, 5.41) is 10.9. The van der Waals surface area contributed by atoms with Crippen LogP contribution in [0.3, 0.4) is 0 Å². The second kappa shape index (κ2) is 16.7. The molecule has 11 heteroatoms. The number of hydrogen-bond acceptors (Lipinski definition) is 7. The van der Waals surface area contributed by atoms with Gasteiger partial charge in [0.1, 0.15) is 17.7 Å². The fourth-order valence-electron chi connectivity index (χ4n) is 8.71. The first-order valence-electron chi connectivity index (χ1n) is 18.6. The molecule has 1 spiro atoms. The van der Waals surface area contributed by atoms with Crippen LogP contribution >= 0.6 is 15.9 Å². The molecule has 286 valence electrons. The van der Waals surface area contributed by atoms with Crippen molar-refractivity contribution < 1.29 is 33.8 Å². The number of benzene rings is 2. The minimum absolute atomic E-state index is 0.117. The molecule has 3 amide bonds. The van der Waals surface area contributed by atoms with Crippen LogP contribution < -0.4 is 4.90 Å². The van der Waals surface area contributed by atoms with E-state index in [9.17, 15) is 14.7 Å². The molecule has 0 saturated carbocycles. The van der Waals surface area contributed by atoms with Gasteiger partial charge in [0.25, 0.3) is 5.91 Å². The van der Waals surface area contributed by atoms with Crippen LogP contribution in [-0.2, 0) is 28.7 Å². The van der Waals surface area contributed by atoms with Gasteiger partial charge in [-0.2, -0.15) is 0 Å². The van der Waals surface area contributed by atoms with Crippen LogP contribution in [0.2, 0.25) is 0 Å². The SMILES string of the molecule is C=CCCC(=O)N(C)[C@H](C)[C@H](OC(=O)[C@H]1[C@@H]2O[C@@]3(CC2Br)[C@@H]1C(=O)N([C@@H](CO)[C@@H](C)CC)[C@@H]3C(=O)N(CC=C)c1c(C)cccc1C)c1ccccc1. The van der Waals surface area contributed by atoms with Crippen molar-refractivity contribution in [1.82, 2.24) is 9.80 Å². The highest BCUT2D eigenvalue weighted by Crippen LogP contribution is 2.61.